The zero-order chi connectivity index (χ0) is 21.1. The molecule has 3 heterocycles. The van der Waals surface area contributed by atoms with Gasteiger partial charge in [-0.15, -0.1) is 11.3 Å². The van der Waals surface area contributed by atoms with Crippen molar-refractivity contribution in [2.24, 2.45) is 5.92 Å². The number of nitrogen functional groups attached to an aromatic ring is 1. The Kier molecular flexibility index (Phi) is 4.42. The highest BCUT2D eigenvalue weighted by atomic mass is 32.1. The Balaban J connectivity index is 1.17. The van der Waals surface area contributed by atoms with Gasteiger partial charge in [0.05, 0.1) is 11.4 Å². The topological polar surface area (TPSA) is 84.1 Å². The predicted octanol–water partition coefficient (Wildman–Crippen LogP) is 3.86. The summed E-state index contributed by atoms with van der Waals surface area (Å²) in [7, 11) is 0. The first-order chi connectivity index (χ1) is 15.0. The Bertz CT molecular complexity index is 1190. The summed E-state index contributed by atoms with van der Waals surface area (Å²) in [4.78, 5) is 25.6. The van der Waals surface area contributed by atoms with Crippen molar-refractivity contribution in [3.63, 3.8) is 0 Å². The lowest BCUT2D eigenvalue weighted by Gasteiger charge is -2.31. The van der Waals surface area contributed by atoms with E-state index in [-0.39, 0.29) is 11.9 Å². The zero-order valence-electron chi connectivity index (χ0n) is 17.7. The number of hydrogen-bond donors (Lipinski definition) is 2. The van der Waals surface area contributed by atoms with Crippen LogP contribution in [0.2, 0.25) is 0 Å². The number of piperidine rings is 1. The molecule has 2 aromatic heterocycles. The smallest absolute Gasteiger partial charge is 0.263 e. The summed E-state index contributed by atoms with van der Waals surface area (Å²) in [5.41, 5.74) is 12.3. The fourth-order valence-corrected chi connectivity index (χ4v) is 6.67. The standard InChI is InChI=1S/C24H27N5OS/c1-13-11-26-21-20(25)22(31-24(21)27-13)23(30)28-17-5-3-16-10-19(7-4-15(16)9-17)29-12-14-2-6-18(29)8-14/h4,7,10-11,14,17-18H,2-3,5-6,8-9,12,25H2,1H3,(H,28,30)/t14-,17+,18+/m0/s1. The Hall–Kier alpha value is -2.67. The molecule has 6 nitrogen and oxygen atoms in total. The van der Waals surface area contributed by atoms with Crippen LogP contribution in [-0.2, 0) is 12.8 Å². The molecule has 1 amide bonds. The molecule has 3 aliphatic rings. The SMILES string of the molecule is Cc1cnc2c(N)c(C(=O)N[C@@H]3CCc4cc(N5C[C@H]6CC[C@@H]5C6)ccc4C3)sc2n1. The number of rotatable bonds is 3. The number of nitrogens with two attached hydrogens (primary N) is 1. The molecule has 3 aromatic rings. The molecule has 1 saturated heterocycles. The van der Waals surface area contributed by atoms with Crippen molar-refractivity contribution >= 4 is 39.0 Å². The average Bonchev–Trinajstić information content (AvgIpc) is 3.48. The first kappa shape index (κ1) is 19.0. The summed E-state index contributed by atoms with van der Waals surface area (Å²) in [6.45, 7) is 3.11. The number of carbonyl (C=O) groups is 1. The van der Waals surface area contributed by atoms with Crippen LogP contribution in [0, 0.1) is 12.8 Å². The van der Waals surface area contributed by atoms with Crippen molar-refractivity contribution < 1.29 is 4.79 Å². The number of nitrogens with zero attached hydrogens (tertiary/aromatic N) is 3. The highest BCUT2D eigenvalue weighted by Gasteiger charge is 2.38. The van der Waals surface area contributed by atoms with Crippen LogP contribution in [0.25, 0.3) is 10.3 Å². The third-order valence-electron chi connectivity index (χ3n) is 7.26. The van der Waals surface area contributed by atoms with E-state index in [0.717, 1.165) is 41.7 Å². The van der Waals surface area contributed by atoms with E-state index in [0.29, 0.717) is 16.1 Å². The molecule has 160 valence electrons. The number of nitrogens with one attached hydrogen (secondary N) is 1. The fourth-order valence-electron chi connectivity index (χ4n) is 5.67. The fraction of sp³-hybridized carbons (Fsp3) is 0.458. The Morgan fingerprint density at radius 1 is 1.26 bits per heavy atom. The molecule has 6 rings (SSSR count). The first-order valence-corrected chi connectivity index (χ1v) is 12.1. The lowest BCUT2D eigenvalue weighted by Crippen LogP contribution is -2.39. The van der Waals surface area contributed by atoms with Gasteiger partial charge in [-0.05, 0) is 74.6 Å². The largest absolute Gasteiger partial charge is 0.396 e. The minimum atomic E-state index is -0.113. The number of aromatic nitrogens is 2. The number of benzene rings is 1. The van der Waals surface area contributed by atoms with Crippen molar-refractivity contribution in [3.8, 4) is 0 Å². The van der Waals surface area contributed by atoms with Crippen molar-refractivity contribution in [2.75, 3.05) is 17.2 Å². The predicted molar refractivity (Wildman–Crippen MR) is 125 cm³/mol. The van der Waals surface area contributed by atoms with Crippen LogP contribution in [-0.4, -0.2) is 34.5 Å². The number of anilines is 2. The van der Waals surface area contributed by atoms with E-state index in [9.17, 15) is 4.79 Å². The van der Waals surface area contributed by atoms with Gasteiger partial charge in [0.25, 0.3) is 5.91 Å². The van der Waals surface area contributed by atoms with Gasteiger partial charge in [-0.3, -0.25) is 4.79 Å². The molecule has 0 unspecified atom stereocenters. The lowest BCUT2D eigenvalue weighted by molar-refractivity contribution is 0.0938. The maximum atomic E-state index is 13.0. The monoisotopic (exact) mass is 433 g/mol. The van der Waals surface area contributed by atoms with E-state index < -0.39 is 0 Å². The zero-order valence-corrected chi connectivity index (χ0v) is 18.5. The number of thiophene rings is 1. The summed E-state index contributed by atoms with van der Waals surface area (Å²) < 4.78 is 0. The molecule has 1 aromatic carbocycles. The Morgan fingerprint density at radius 2 is 2.16 bits per heavy atom. The molecule has 2 aliphatic carbocycles. The summed E-state index contributed by atoms with van der Waals surface area (Å²) in [6, 6.07) is 7.84. The molecule has 1 aliphatic heterocycles. The third kappa shape index (κ3) is 3.26. The Labute approximate surface area is 185 Å². The number of fused-ring (bicyclic) bond motifs is 4. The lowest BCUT2D eigenvalue weighted by atomic mass is 9.87. The van der Waals surface area contributed by atoms with Gasteiger partial charge >= 0.3 is 0 Å². The number of carbonyl (C=O) groups excluding carboxylic acids is 1. The number of aryl methyl sites for hydroxylation is 2. The molecule has 1 saturated carbocycles. The van der Waals surface area contributed by atoms with Crippen LogP contribution < -0.4 is 16.0 Å². The molecule has 2 fully saturated rings. The van der Waals surface area contributed by atoms with Crippen molar-refractivity contribution in [1.82, 2.24) is 15.3 Å². The van der Waals surface area contributed by atoms with Crippen molar-refractivity contribution in [1.29, 1.82) is 0 Å². The van der Waals surface area contributed by atoms with E-state index in [1.54, 1.807) is 6.20 Å². The van der Waals surface area contributed by atoms with Crippen LogP contribution in [0.15, 0.2) is 24.4 Å². The van der Waals surface area contributed by atoms with Crippen molar-refractivity contribution in [3.05, 3.63) is 46.1 Å². The minimum absolute atomic E-state index is 0.113. The molecule has 2 bridgehead atoms. The number of hydrogen-bond acceptors (Lipinski definition) is 6. The van der Waals surface area contributed by atoms with Crippen LogP contribution in [0.3, 0.4) is 0 Å². The highest BCUT2D eigenvalue weighted by molar-refractivity contribution is 7.21. The summed E-state index contributed by atoms with van der Waals surface area (Å²) in [6.07, 6.45) is 8.64. The molecular weight excluding hydrogens is 406 g/mol. The van der Waals surface area contributed by atoms with E-state index in [4.69, 9.17) is 5.73 Å². The molecule has 3 atom stereocenters. The van der Waals surface area contributed by atoms with Gasteiger partial charge in [-0.25, -0.2) is 9.97 Å². The minimum Gasteiger partial charge on any atom is -0.396 e. The van der Waals surface area contributed by atoms with Crippen LogP contribution in [0.1, 0.15) is 52.2 Å². The quantitative estimate of drug-likeness (QED) is 0.655. The van der Waals surface area contributed by atoms with Gasteiger partial charge in [-0.2, -0.15) is 0 Å². The van der Waals surface area contributed by atoms with E-state index in [1.807, 2.05) is 6.92 Å². The molecule has 0 spiro atoms. The molecular formula is C24H27N5OS. The summed E-state index contributed by atoms with van der Waals surface area (Å²) >= 11 is 1.33. The highest BCUT2D eigenvalue weighted by Crippen LogP contribution is 2.41. The van der Waals surface area contributed by atoms with Crippen LogP contribution in [0.4, 0.5) is 11.4 Å². The maximum absolute atomic E-state index is 13.0. The first-order valence-electron chi connectivity index (χ1n) is 11.3. The normalized spacial score (nSPS) is 24.5. The van der Waals surface area contributed by atoms with Crippen LogP contribution in [0.5, 0.6) is 0 Å². The van der Waals surface area contributed by atoms with Gasteiger partial charge in [0.2, 0.25) is 0 Å². The van der Waals surface area contributed by atoms with Crippen LogP contribution >= 0.6 is 11.3 Å². The average molecular weight is 434 g/mol. The molecule has 3 N–H and O–H groups in total. The maximum Gasteiger partial charge on any atom is 0.263 e. The van der Waals surface area contributed by atoms with Gasteiger partial charge in [-0.1, -0.05) is 6.07 Å². The van der Waals surface area contributed by atoms with E-state index in [2.05, 4.69) is 38.4 Å². The third-order valence-corrected chi connectivity index (χ3v) is 8.35. The summed E-state index contributed by atoms with van der Waals surface area (Å²) in [5, 5.41) is 3.21. The van der Waals surface area contributed by atoms with Gasteiger partial charge in [0, 0.05) is 30.5 Å². The Morgan fingerprint density at radius 3 is 2.97 bits per heavy atom. The molecule has 0 radical (unpaired) electrons. The van der Waals surface area contributed by atoms with Crippen molar-refractivity contribution in [2.45, 2.75) is 57.5 Å². The van der Waals surface area contributed by atoms with E-state index >= 15 is 0 Å². The summed E-state index contributed by atoms with van der Waals surface area (Å²) in [5.74, 6) is 0.786. The second-order valence-electron chi connectivity index (χ2n) is 9.36. The second-order valence-corrected chi connectivity index (χ2v) is 10.4. The van der Waals surface area contributed by atoms with Gasteiger partial charge < -0.3 is 16.0 Å². The van der Waals surface area contributed by atoms with E-state index in [1.165, 1.54) is 54.0 Å². The van der Waals surface area contributed by atoms with Gasteiger partial charge in [0.15, 0.2) is 0 Å². The second kappa shape index (κ2) is 7.19. The molecule has 7 heteroatoms. The number of amides is 1. The van der Waals surface area contributed by atoms with Gasteiger partial charge in [0.1, 0.15) is 15.2 Å². The molecule has 31 heavy (non-hydrogen) atoms.